The smallest absolute Gasteiger partial charge is 0.251 e. The lowest BCUT2D eigenvalue weighted by Crippen LogP contribution is -2.28. The summed E-state index contributed by atoms with van der Waals surface area (Å²) in [5, 5.41) is 6.64. The van der Waals surface area contributed by atoms with Gasteiger partial charge in [-0.25, -0.2) is 4.98 Å². The molecule has 5 nitrogen and oxygen atoms in total. The fraction of sp³-hybridized carbons (Fsp3) is 0.211. The number of thiazole rings is 1. The number of nitrogens with zero attached hydrogens (tertiary/aromatic N) is 1. The van der Waals surface area contributed by atoms with Gasteiger partial charge < -0.3 is 10.6 Å². The number of nitrogens with one attached hydrogen (secondary N) is 2. The average Bonchev–Trinajstić information content (AvgIpc) is 2.94. The van der Waals surface area contributed by atoms with E-state index in [1.807, 2.05) is 50.2 Å². The summed E-state index contributed by atoms with van der Waals surface area (Å²) in [4.78, 5) is 28.6. The largest absolute Gasteiger partial charge is 0.352 e. The van der Waals surface area contributed by atoms with Crippen LogP contribution in [0.1, 0.15) is 27.3 Å². The number of hydrogen-bond acceptors (Lipinski definition) is 4. The summed E-state index contributed by atoms with van der Waals surface area (Å²) >= 11 is 1.59. The van der Waals surface area contributed by atoms with Gasteiger partial charge in [-0.3, -0.25) is 9.59 Å². The number of aromatic nitrogens is 1. The Morgan fingerprint density at radius 2 is 1.92 bits per heavy atom. The van der Waals surface area contributed by atoms with Crippen LogP contribution in [0.4, 0.5) is 5.69 Å². The molecule has 0 aliphatic rings. The predicted molar refractivity (Wildman–Crippen MR) is 101 cm³/mol. The first-order valence-electron chi connectivity index (χ1n) is 8.04. The van der Waals surface area contributed by atoms with Gasteiger partial charge in [0.15, 0.2) is 0 Å². The summed E-state index contributed by atoms with van der Waals surface area (Å²) in [5.74, 6) is -0.293. The van der Waals surface area contributed by atoms with Crippen molar-refractivity contribution in [3.63, 3.8) is 0 Å². The molecule has 0 spiro atoms. The normalized spacial score (nSPS) is 10.6. The van der Waals surface area contributed by atoms with E-state index < -0.39 is 0 Å². The fourth-order valence-corrected chi connectivity index (χ4v) is 3.42. The standard InChI is InChI=1S/C19H19N3O2S/c1-12-5-3-4-6-15(12)19(24)20-10-9-18(23)22-14-7-8-16-17(11-14)25-13(2)21-16/h3-8,11H,9-10H2,1-2H3,(H,20,24)(H,22,23). The van der Waals surface area contributed by atoms with E-state index >= 15 is 0 Å². The molecule has 0 saturated heterocycles. The monoisotopic (exact) mass is 353 g/mol. The van der Waals surface area contributed by atoms with E-state index in [9.17, 15) is 9.59 Å². The lowest BCUT2D eigenvalue weighted by molar-refractivity contribution is -0.116. The number of fused-ring (bicyclic) bond motifs is 1. The highest BCUT2D eigenvalue weighted by Gasteiger charge is 2.09. The minimum atomic E-state index is -0.160. The van der Waals surface area contributed by atoms with E-state index in [2.05, 4.69) is 15.6 Å². The molecule has 0 saturated carbocycles. The summed E-state index contributed by atoms with van der Waals surface area (Å²) in [6.07, 6.45) is 0.220. The summed E-state index contributed by atoms with van der Waals surface area (Å²) < 4.78 is 1.04. The van der Waals surface area contributed by atoms with Gasteiger partial charge in [-0.15, -0.1) is 11.3 Å². The molecule has 1 heterocycles. The van der Waals surface area contributed by atoms with Crippen LogP contribution in [0.2, 0.25) is 0 Å². The molecule has 128 valence electrons. The van der Waals surface area contributed by atoms with Gasteiger partial charge in [0.1, 0.15) is 0 Å². The lowest BCUT2D eigenvalue weighted by atomic mass is 10.1. The highest BCUT2D eigenvalue weighted by molar-refractivity contribution is 7.18. The number of anilines is 1. The molecule has 0 radical (unpaired) electrons. The van der Waals surface area contributed by atoms with E-state index in [0.717, 1.165) is 26.5 Å². The number of benzene rings is 2. The second kappa shape index (κ2) is 7.44. The minimum Gasteiger partial charge on any atom is -0.352 e. The van der Waals surface area contributed by atoms with Crippen molar-refractivity contribution in [1.29, 1.82) is 0 Å². The number of amides is 2. The molecule has 2 N–H and O–H groups in total. The Balaban J connectivity index is 1.52. The third-order valence-corrected chi connectivity index (χ3v) is 4.74. The maximum Gasteiger partial charge on any atom is 0.251 e. The third kappa shape index (κ3) is 4.22. The fourth-order valence-electron chi connectivity index (χ4n) is 2.55. The van der Waals surface area contributed by atoms with Crippen LogP contribution in [0.5, 0.6) is 0 Å². The molecule has 3 rings (SSSR count). The molecule has 6 heteroatoms. The molecule has 1 aromatic heterocycles. The molecule has 3 aromatic rings. The maximum atomic E-state index is 12.1. The van der Waals surface area contributed by atoms with Crippen molar-refractivity contribution in [2.45, 2.75) is 20.3 Å². The van der Waals surface area contributed by atoms with Crippen LogP contribution >= 0.6 is 11.3 Å². The molecular weight excluding hydrogens is 334 g/mol. The van der Waals surface area contributed by atoms with Crippen LogP contribution in [0.25, 0.3) is 10.2 Å². The Hall–Kier alpha value is -2.73. The Morgan fingerprint density at radius 3 is 2.72 bits per heavy atom. The predicted octanol–water partition coefficient (Wildman–Crippen LogP) is 3.67. The zero-order valence-corrected chi connectivity index (χ0v) is 14.9. The third-order valence-electron chi connectivity index (χ3n) is 3.81. The second-order valence-corrected chi connectivity index (χ2v) is 7.02. The molecule has 0 aliphatic carbocycles. The van der Waals surface area contributed by atoms with Crippen molar-refractivity contribution < 1.29 is 9.59 Å². The molecule has 0 unspecified atom stereocenters. The van der Waals surface area contributed by atoms with Gasteiger partial charge in [-0.1, -0.05) is 18.2 Å². The number of carbonyl (C=O) groups is 2. The summed E-state index contributed by atoms with van der Waals surface area (Å²) in [7, 11) is 0. The summed E-state index contributed by atoms with van der Waals surface area (Å²) in [5.41, 5.74) is 3.23. The Labute approximate surface area is 150 Å². The lowest BCUT2D eigenvalue weighted by Gasteiger charge is -2.08. The van der Waals surface area contributed by atoms with Crippen LogP contribution in [-0.4, -0.2) is 23.3 Å². The molecule has 2 amide bonds. The number of aryl methyl sites for hydroxylation is 2. The van der Waals surface area contributed by atoms with Gasteiger partial charge >= 0.3 is 0 Å². The summed E-state index contributed by atoms with van der Waals surface area (Å²) in [6.45, 7) is 4.14. The number of carbonyl (C=O) groups excluding carboxylic acids is 2. The van der Waals surface area contributed by atoms with Gasteiger partial charge in [0.25, 0.3) is 5.91 Å². The first kappa shape index (κ1) is 17.1. The van der Waals surface area contributed by atoms with Gasteiger partial charge in [0, 0.05) is 24.2 Å². The van der Waals surface area contributed by atoms with Gasteiger partial charge in [-0.05, 0) is 43.7 Å². The summed E-state index contributed by atoms with van der Waals surface area (Å²) in [6, 6.07) is 13.0. The van der Waals surface area contributed by atoms with E-state index in [1.54, 1.807) is 17.4 Å². The molecular formula is C19H19N3O2S. The van der Waals surface area contributed by atoms with Crippen LogP contribution in [0.15, 0.2) is 42.5 Å². The van der Waals surface area contributed by atoms with E-state index in [-0.39, 0.29) is 18.2 Å². The first-order chi connectivity index (χ1) is 12.0. The quantitative estimate of drug-likeness (QED) is 0.735. The average molecular weight is 353 g/mol. The molecule has 0 bridgehead atoms. The highest BCUT2D eigenvalue weighted by atomic mass is 32.1. The number of rotatable bonds is 5. The van der Waals surface area contributed by atoms with E-state index in [1.165, 1.54) is 0 Å². The van der Waals surface area contributed by atoms with Crippen molar-refractivity contribution in [1.82, 2.24) is 10.3 Å². The van der Waals surface area contributed by atoms with E-state index in [4.69, 9.17) is 0 Å². The Kier molecular flexibility index (Phi) is 5.09. The van der Waals surface area contributed by atoms with Crippen LogP contribution < -0.4 is 10.6 Å². The van der Waals surface area contributed by atoms with Gasteiger partial charge in [0.2, 0.25) is 5.91 Å². The molecule has 0 fully saturated rings. The van der Waals surface area contributed by atoms with Gasteiger partial charge in [0.05, 0.1) is 15.2 Å². The SMILES string of the molecule is Cc1nc2ccc(NC(=O)CCNC(=O)c3ccccc3C)cc2s1. The van der Waals surface area contributed by atoms with Crippen LogP contribution in [-0.2, 0) is 4.79 Å². The Bertz CT molecular complexity index is 933. The van der Waals surface area contributed by atoms with Crippen LogP contribution in [0, 0.1) is 13.8 Å². The van der Waals surface area contributed by atoms with Crippen LogP contribution in [0.3, 0.4) is 0 Å². The molecule has 25 heavy (non-hydrogen) atoms. The number of hydrogen-bond donors (Lipinski definition) is 2. The van der Waals surface area contributed by atoms with Crippen molar-refractivity contribution in [3.8, 4) is 0 Å². The highest BCUT2D eigenvalue weighted by Crippen LogP contribution is 2.24. The maximum absolute atomic E-state index is 12.1. The van der Waals surface area contributed by atoms with Gasteiger partial charge in [-0.2, -0.15) is 0 Å². The Morgan fingerprint density at radius 1 is 1.12 bits per heavy atom. The molecule has 0 atom stereocenters. The van der Waals surface area contributed by atoms with Crippen molar-refractivity contribution in [2.24, 2.45) is 0 Å². The van der Waals surface area contributed by atoms with Crippen molar-refractivity contribution in [3.05, 3.63) is 58.6 Å². The zero-order chi connectivity index (χ0) is 17.8. The second-order valence-electron chi connectivity index (χ2n) is 5.78. The van der Waals surface area contributed by atoms with Crippen molar-refractivity contribution >= 4 is 39.1 Å². The molecule has 2 aromatic carbocycles. The zero-order valence-electron chi connectivity index (χ0n) is 14.1. The minimum absolute atomic E-state index is 0.134. The molecule has 0 aliphatic heterocycles. The first-order valence-corrected chi connectivity index (χ1v) is 8.85. The topological polar surface area (TPSA) is 71.1 Å². The van der Waals surface area contributed by atoms with E-state index in [0.29, 0.717) is 12.1 Å². The van der Waals surface area contributed by atoms with Crippen molar-refractivity contribution in [2.75, 3.05) is 11.9 Å².